The standard InChI is InChI=1S/C6H3ClFNO4S/c7-4-1-2-6(14(8,12)13)5(3-4)9(10)11/h1-3H. The van der Waals surface area contributed by atoms with E-state index in [1.54, 1.807) is 0 Å². The summed E-state index contributed by atoms with van der Waals surface area (Å²) in [4.78, 5) is 8.33. The third-order valence-electron chi connectivity index (χ3n) is 1.38. The second kappa shape index (κ2) is 3.50. The number of halogens is 2. The summed E-state index contributed by atoms with van der Waals surface area (Å²) in [5.41, 5.74) is -0.875. The van der Waals surface area contributed by atoms with Gasteiger partial charge in [-0.2, -0.15) is 8.42 Å². The highest BCUT2D eigenvalue weighted by molar-refractivity contribution is 7.86. The van der Waals surface area contributed by atoms with Crippen molar-refractivity contribution in [3.8, 4) is 0 Å². The maximum absolute atomic E-state index is 12.5. The van der Waals surface area contributed by atoms with Crippen molar-refractivity contribution in [2.75, 3.05) is 0 Å². The summed E-state index contributed by atoms with van der Waals surface area (Å²) in [7, 11) is -5.10. The summed E-state index contributed by atoms with van der Waals surface area (Å²) in [6.45, 7) is 0. The molecule has 0 atom stereocenters. The predicted molar refractivity (Wildman–Crippen MR) is 46.4 cm³/mol. The van der Waals surface area contributed by atoms with Crippen LogP contribution in [0.15, 0.2) is 23.1 Å². The fourth-order valence-electron chi connectivity index (χ4n) is 0.839. The van der Waals surface area contributed by atoms with Crippen LogP contribution in [0, 0.1) is 10.1 Å². The normalized spacial score (nSPS) is 11.3. The van der Waals surface area contributed by atoms with Crippen molar-refractivity contribution in [1.29, 1.82) is 0 Å². The molecule has 0 aliphatic carbocycles. The molecular weight excluding hydrogens is 237 g/mol. The lowest BCUT2D eigenvalue weighted by molar-refractivity contribution is -0.387. The molecule has 0 aliphatic rings. The van der Waals surface area contributed by atoms with Crippen LogP contribution in [-0.4, -0.2) is 13.3 Å². The van der Waals surface area contributed by atoms with Crippen molar-refractivity contribution < 1.29 is 17.2 Å². The molecule has 0 amide bonds. The van der Waals surface area contributed by atoms with E-state index in [0.717, 1.165) is 18.2 Å². The molecule has 0 N–H and O–H groups in total. The zero-order valence-corrected chi connectivity index (χ0v) is 8.05. The Kier molecular flexibility index (Phi) is 2.72. The van der Waals surface area contributed by atoms with Gasteiger partial charge in [-0.05, 0) is 12.1 Å². The Balaban J connectivity index is 3.53. The highest BCUT2D eigenvalue weighted by Crippen LogP contribution is 2.28. The van der Waals surface area contributed by atoms with E-state index >= 15 is 0 Å². The van der Waals surface area contributed by atoms with Crippen LogP contribution in [0.4, 0.5) is 9.57 Å². The molecule has 76 valence electrons. The summed E-state index contributed by atoms with van der Waals surface area (Å²) in [5, 5.41) is 10.3. The third kappa shape index (κ3) is 2.18. The number of nitro groups is 1. The average Bonchev–Trinajstić information content (AvgIpc) is 2.01. The Hall–Kier alpha value is -1.21. The van der Waals surface area contributed by atoms with Crippen LogP contribution in [0.3, 0.4) is 0 Å². The number of nitro benzene ring substituents is 1. The SMILES string of the molecule is O=[N+]([O-])c1cc(Cl)ccc1S(=O)(=O)F. The second-order valence-corrected chi connectivity index (χ2v) is 4.06. The Morgan fingerprint density at radius 1 is 1.43 bits per heavy atom. The molecular formula is C6H3ClFNO4S. The van der Waals surface area contributed by atoms with Gasteiger partial charge in [0.25, 0.3) is 5.69 Å². The Labute approximate surface area is 83.5 Å². The van der Waals surface area contributed by atoms with Crippen LogP contribution < -0.4 is 0 Å². The van der Waals surface area contributed by atoms with Crippen molar-refractivity contribution in [2.24, 2.45) is 0 Å². The highest BCUT2D eigenvalue weighted by Gasteiger charge is 2.25. The summed E-state index contributed by atoms with van der Waals surface area (Å²) in [5.74, 6) is 0. The van der Waals surface area contributed by atoms with Gasteiger partial charge >= 0.3 is 10.2 Å². The van der Waals surface area contributed by atoms with Gasteiger partial charge in [-0.1, -0.05) is 11.6 Å². The van der Waals surface area contributed by atoms with Crippen molar-refractivity contribution in [2.45, 2.75) is 4.90 Å². The van der Waals surface area contributed by atoms with Crippen LogP contribution in [0.5, 0.6) is 0 Å². The minimum atomic E-state index is -5.10. The van der Waals surface area contributed by atoms with Gasteiger partial charge in [0.1, 0.15) is 0 Å². The van der Waals surface area contributed by atoms with Gasteiger partial charge in [-0.3, -0.25) is 10.1 Å². The molecule has 1 aromatic rings. The molecule has 14 heavy (non-hydrogen) atoms. The molecule has 0 saturated heterocycles. The first-order valence-corrected chi connectivity index (χ1v) is 4.97. The number of hydrogen-bond donors (Lipinski definition) is 0. The van der Waals surface area contributed by atoms with Crippen LogP contribution in [-0.2, 0) is 10.2 Å². The molecule has 0 saturated carbocycles. The lowest BCUT2D eigenvalue weighted by atomic mass is 10.3. The molecule has 0 fully saturated rings. The minimum Gasteiger partial charge on any atom is -0.258 e. The molecule has 0 aliphatic heterocycles. The van der Waals surface area contributed by atoms with Crippen molar-refractivity contribution >= 4 is 27.5 Å². The van der Waals surface area contributed by atoms with Crippen molar-refractivity contribution in [3.05, 3.63) is 33.3 Å². The molecule has 0 bridgehead atoms. The predicted octanol–water partition coefficient (Wildman–Crippen LogP) is 1.91. The lowest BCUT2D eigenvalue weighted by Crippen LogP contribution is -1.99. The van der Waals surface area contributed by atoms with E-state index in [1.165, 1.54) is 0 Å². The van der Waals surface area contributed by atoms with Crippen molar-refractivity contribution in [1.82, 2.24) is 0 Å². The molecule has 0 aromatic heterocycles. The fraction of sp³-hybridized carbons (Fsp3) is 0. The molecule has 0 unspecified atom stereocenters. The van der Waals surface area contributed by atoms with E-state index in [4.69, 9.17) is 11.6 Å². The van der Waals surface area contributed by atoms with Crippen LogP contribution >= 0.6 is 11.6 Å². The number of hydrogen-bond acceptors (Lipinski definition) is 4. The zero-order chi connectivity index (χ0) is 10.9. The van der Waals surface area contributed by atoms with Crippen LogP contribution in [0.2, 0.25) is 5.02 Å². The van der Waals surface area contributed by atoms with Gasteiger partial charge in [0, 0.05) is 11.1 Å². The smallest absolute Gasteiger partial charge is 0.258 e. The largest absolute Gasteiger partial charge is 0.338 e. The average molecular weight is 240 g/mol. The van der Waals surface area contributed by atoms with E-state index in [0.29, 0.717) is 0 Å². The van der Waals surface area contributed by atoms with Crippen LogP contribution in [0.1, 0.15) is 0 Å². The number of nitrogens with zero attached hydrogens (tertiary/aromatic N) is 1. The van der Waals surface area contributed by atoms with Gasteiger partial charge in [-0.25, -0.2) is 0 Å². The van der Waals surface area contributed by atoms with Gasteiger partial charge < -0.3 is 0 Å². The molecule has 5 nitrogen and oxygen atoms in total. The van der Waals surface area contributed by atoms with E-state index in [9.17, 15) is 22.4 Å². The van der Waals surface area contributed by atoms with Gasteiger partial charge in [0.15, 0.2) is 4.90 Å². The maximum atomic E-state index is 12.5. The van der Waals surface area contributed by atoms with Gasteiger partial charge in [-0.15, -0.1) is 3.89 Å². The Morgan fingerprint density at radius 2 is 2.00 bits per heavy atom. The maximum Gasteiger partial charge on any atom is 0.338 e. The molecule has 0 spiro atoms. The topological polar surface area (TPSA) is 77.3 Å². The third-order valence-corrected chi connectivity index (χ3v) is 2.49. The van der Waals surface area contributed by atoms with Crippen molar-refractivity contribution in [3.63, 3.8) is 0 Å². The van der Waals surface area contributed by atoms with Gasteiger partial charge in [0.05, 0.1) is 4.92 Å². The molecule has 1 aromatic carbocycles. The zero-order valence-electron chi connectivity index (χ0n) is 6.48. The van der Waals surface area contributed by atoms with Crippen LogP contribution in [0.25, 0.3) is 0 Å². The van der Waals surface area contributed by atoms with E-state index < -0.39 is 25.7 Å². The highest BCUT2D eigenvalue weighted by atomic mass is 35.5. The van der Waals surface area contributed by atoms with Gasteiger partial charge in [0.2, 0.25) is 0 Å². The summed E-state index contributed by atoms with van der Waals surface area (Å²) >= 11 is 5.39. The van der Waals surface area contributed by atoms with E-state index in [2.05, 4.69) is 0 Å². The Morgan fingerprint density at radius 3 is 2.43 bits per heavy atom. The summed E-state index contributed by atoms with van der Waals surface area (Å²) in [6.07, 6.45) is 0. The number of benzene rings is 1. The first-order valence-electron chi connectivity index (χ1n) is 3.21. The van der Waals surface area contributed by atoms with E-state index in [1.807, 2.05) is 0 Å². The fourth-order valence-corrected chi connectivity index (χ4v) is 1.62. The van der Waals surface area contributed by atoms with E-state index in [-0.39, 0.29) is 5.02 Å². The summed E-state index contributed by atoms with van der Waals surface area (Å²) < 4.78 is 33.4. The first-order chi connectivity index (χ1) is 6.32. The summed E-state index contributed by atoms with van der Waals surface area (Å²) in [6, 6.07) is 2.57. The molecule has 8 heteroatoms. The minimum absolute atomic E-state index is 0.0379. The quantitative estimate of drug-likeness (QED) is 0.449. The number of rotatable bonds is 2. The Bertz CT molecular complexity index is 487. The molecule has 1 rings (SSSR count). The molecule has 0 heterocycles. The lowest BCUT2D eigenvalue weighted by Gasteiger charge is -1.97. The molecule has 0 radical (unpaired) electrons. The second-order valence-electron chi connectivity index (χ2n) is 2.31. The monoisotopic (exact) mass is 239 g/mol. The first kappa shape index (κ1) is 10.9.